The van der Waals surface area contributed by atoms with Crippen molar-refractivity contribution < 1.29 is 28.9 Å². The standard InChI is InChI=1S/C21H30F3N3O3.H2/c1-14(25-18(28)21(22,23)24)16-6-8-17(9-7-16)15(2)26-10-12-27(13-11-26)19(29)30-20(3,4)5;/h6-9,14-15H,10-13H2,1-5H3,(H,25,28);1H/t14-,15?;/m0./s1. The third-order valence-corrected chi connectivity index (χ3v) is 5.04. The summed E-state index contributed by atoms with van der Waals surface area (Å²) in [5, 5.41) is 1.96. The SMILES string of the molecule is CC(c1ccc([C@H](C)NC(=O)C(F)(F)F)cc1)N1CCN(C(=O)OC(C)(C)C)CC1.[HH]. The first kappa shape index (κ1) is 24.0. The number of ether oxygens (including phenoxy) is 1. The number of nitrogens with one attached hydrogen (secondary N) is 1. The Kier molecular flexibility index (Phi) is 7.39. The van der Waals surface area contributed by atoms with Gasteiger partial charge in [0.2, 0.25) is 0 Å². The Balaban J connectivity index is 0.00000480. The number of piperazine rings is 1. The maximum absolute atomic E-state index is 12.4. The molecule has 170 valence electrons. The number of benzene rings is 1. The largest absolute Gasteiger partial charge is 0.471 e. The van der Waals surface area contributed by atoms with Gasteiger partial charge in [-0.15, -0.1) is 0 Å². The molecule has 0 aromatic heterocycles. The zero-order chi connectivity index (χ0) is 22.7. The molecule has 1 heterocycles. The van der Waals surface area contributed by atoms with Crippen LogP contribution >= 0.6 is 0 Å². The lowest BCUT2D eigenvalue weighted by molar-refractivity contribution is -0.174. The van der Waals surface area contributed by atoms with Crippen LogP contribution in [0, 0.1) is 0 Å². The van der Waals surface area contributed by atoms with Crippen molar-refractivity contribution in [2.45, 2.75) is 58.5 Å². The second kappa shape index (κ2) is 9.24. The summed E-state index contributed by atoms with van der Waals surface area (Å²) in [5.41, 5.74) is 1.08. The highest BCUT2D eigenvalue weighted by molar-refractivity contribution is 5.82. The van der Waals surface area contributed by atoms with Crippen LogP contribution in [-0.4, -0.2) is 59.8 Å². The Morgan fingerprint density at radius 3 is 1.97 bits per heavy atom. The Hall–Kier alpha value is -2.29. The van der Waals surface area contributed by atoms with Gasteiger partial charge in [0.15, 0.2) is 0 Å². The van der Waals surface area contributed by atoms with E-state index >= 15 is 0 Å². The van der Waals surface area contributed by atoms with E-state index in [0.717, 1.165) is 5.56 Å². The van der Waals surface area contributed by atoms with E-state index in [1.54, 1.807) is 17.0 Å². The first-order valence-corrected chi connectivity index (χ1v) is 9.97. The van der Waals surface area contributed by atoms with Crippen LogP contribution < -0.4 is 5.32 Å². The molecule has 9 heteroatoms. The van der Waals surface area contributed by atoms with Gasteiger partial charge in [-0.05, 0) is 45.7 Å². The summed E-state index contributed by atoms with van der Waals surface area (Å²) in [5.74, 6) is -1.95. The second-order valence-corrected chi connectivity index (χ2v) is 8.54. The topological polar surface area (TPSA) is 61.9 Å². The van der Waals surface area contributed by atoms with Crippen molar-refractivity contribution in [3.63, 3.8) is 0 Å². The first-order chi connectivity index (χ1) is 13.8. The summed E-state index contributed by atoms with van der Waals surface area (Å²) in [6.07, 6.45) is -5.21. The van der Waals surface area contributed by atoms with Gasteiger partial charge in [0.1, 0.15) is 5.60 Å². The molecule has 0 spiro atoms. The highest BCUT2D eigenvalue weighted by Crippen LogP contribution is 2.25. The van der Waals surface area contributed by atoms with Crippen LogP contribution in [0.2, 0.25) is 0 Å². The third kappa shape index (κ3) is 6.62. The Bertz CT molecular complexity index is 743. The van der Waals surface area contributed by atoms with Gasteiger partial charge in [0, 0.05) is 33.6 Å². The van der Waals surface area contributed by atoms with Gasteiger partial charge in [-0.3, -0.25) is 9.69 Å². The first-order valence-electron chi connectivity index (χ1n) is 9.97. The summed E-state index contributed by atoms with van der Waals surface area (Å²) in [4.78, 5) is 27.2. The molecule has 0 radical (unpaired) electrons. The molecule has 0 bridgehead atoms. The van der Waals surface area contributed by atoms with E-state index in [4.69, 9.17) is 4.74 Å². The van der Waals surface area contributed by atoms with Gasteiger partial charge in [-0.25, -0.2) is 4.79 Å². The lowest BCUT2D eigenvalue weighted by Gasteiger charge is -2.38. The maximum Gasteiger partial charge on any atom is 0.471 e. The normalized spacial score (nSPS) is 17.9. The highest BCUT2D eigenvalue weighted by atomic mass is 19.4. The minimum Gasteiger partial charge on any atom is -0.444 e. The van der Waals surface area contributed by atoms with E-state index in [1.807, 2.05) is 45.1 Å². The van der Waals surface area contributed by atoms with Gasteiger partial charge >= 0.3 is 18.2 Å². The van der Waals surface area contributed by atoms with Crippen molar-refractivity contribution in [1.29, 1.82) is 0 Å². The lowest BCUT2D eigenvalue weighted by atomic mass is 10.0. The number of nitrogens with zero attached hydrogens (tertiary/aromatic N) is 2. The van der Waals surface area contributed by atoms with Crippen molar-refractivity contribution in [1.82, 2.24) is 15.1 Å². The van der Waals surface area contributed by atoms with E-state index in [0.29, 0.717) is 31.7 Å². The Labute approximate surface area is 176 Å². The van der Waals surface area contributed by atoms with E-state index in [9.17, 15) is 22.8 Å². The molecule has 1 N–H and O–H groups in total. The molecule has 1 aliphatic heterocycles. The minimum atomic E-state index is -4.90. The van der Waals surface area contributed by atoms with E-state index in [-0.39, 0.29) is 13.6 Å². The summed E-state index contributed by atoms with van der Waals surface area (Å²) < 4.78 is 42.6. The molecule has 0 aliphatic carbocycles. The highest BCUT2D eigenvalue weighted by Gasteiger charge is 2.39. The molecule has 30 heavy (non-hydrogen) atoms. The summed E-state index contributed by atoms with van der Waals surface area (Å²) in [6, 6.07) is 6.50. The number of carbonyl (C=O) groups excluding carboxylic acids is 2. The Morgan fingerprint density at radius 2 is 1.50 bits per heavy atom. The fourth-order valence-electron chi connectivity index (χ4n) is 3.25. The molecule has 1 aliphatic rings. The molecular formula is C21H32F3N3O3. The quantitative estimate of drug-likeness (QED) is 0.773. The average Bonchev–Trinajstić information content (AvgIpc) is 2.65. The van der Waals surface area contributed by atoms with Crippen LogP contribution in [0.4, 0.5) is 18.0 Å². The smallest absolute Gasteiger partial charge is 0.444 e. The number of hydrogen-bond donors (Lipinski definition) is 1. The maximum atomic E-state index is 12.4. The van der Waals surface area contributed by atoms with Crippen molar-refractivity contribution in [2.75, 3.05) is 26.2 Å². The number of amides is 2. The van der Waals surface area contributed by atoms with Crippen molar-refractivity contribution >= 4 is 12.0 Å². The predicted molar refractivity (Wildman–Crippen MR) is 109 cm³/mol. The molecule has 2 rings (SSSR count). The minimum absolute atomic E-state index is 0. The molecule has 2 atom stereocenters. The second-order valence-electron chi connectivity index (χ2n) is 8.54. The predicted octanol–water partition coefficient (Wildman–Crippen LogP) is 4.29. The van der Waals surface area contributed by atoms with Crippen molar-refractivity contribution in [3.05, 3.63) is 35.4 Å². The van der Waals surface area contributed by atoms with Crippen molar-refractivity contribution in [3.8, 4) is 0 Å². The van der Waals surface area contributed by atoms with Crippen LogP contribution in [0.1, 0.15) is 59.3 Å². The molecule has 1 saturated heterocycles. The lowest BCUT2D eigenvalue weighted by Crippen LogP contribution is -2.50. The molecular weight excluding hydrogens is 399 g/mol. The monoisotopic (exact) mass is 431 g/mol. The molecule has 0 saturated carbocycles. The van der Waals surface area contributed by atoms with Crippen LogP contribution in [0.3, 0.4) is 0 Å². The summed E-state index contributed by atoms with van der Waals surface area (Å²) in [7, 11) is 0. The fourth-order valence-corrected chi connectivity index (χ4v) is 3.25. The average molecular weight is 431 g/mol. The van der Waals surface area contributed by atoms with Gasteiger partial charge in [-0.1, -0.05) is 24.3 Å². The van der Waals surface area contributed by atoms with Gasteiger partial charge in [0.25, 0.3) is 0 Å². The third-order valence-electron chi connectivity index (χ3n) is 5.04. The number of carbonyl (C=O) groups is 2. The van der Waals surface area contributed by atoms with E-state index in [1.165, 1.54) is 6.92 Å². The van der Waals surface area contributed by atoms with Gasteiger partial charge in [-0.2, -0.15) is 13.2 Å². The molecule has 1 aromatic carbocycles. The zero-order valence-corrected chi connectivity index (χ0v) is 18.0. The molecule has 2 amide bonds. The number of hydrogen-bond acceptors (Lipinski definition) is 4. The fraction of sp³-hybridized carbons (Fsp3) is 0.619. The zero-order valence-electron chi connectivity index (χ0n) is 18.0. The molecule has 6 nitrogen and oxygen atoms in total. The Morgan fingerprint density at radius 1 is 1.00 bits per heavy atom. The number of rotatable bonds is 4. The summed E-state index contributed by atoms with van der Waals surface area (Å²) in [6.45, 7) is 11.6. The number of alkyl halides is 3. The van der Waals surface area contributed by atoms with Crippen LogP contribution in [0.5, 0.6) is 0 Å². The van der Waals surface area contributed by atoms with Crippen LogP contribution in [0.25, 0.3) is 0 Å². The van der Waals surface area contributed by atoms with Crippen LogP contribution in [-0.2, 0) is 9.53 Å². The molecule has 1 unspecified atom stereocenters. The summed E-state index contributed by atoms with van der Waals surface area (Å²) >= 11 is 0. The van der Waals surface area contributed by atoms with Crippen LogP contribution in [0.15, 0.2) is 24.3 Å². The molecule has 1 fully saturated rings. The van der Waals surface area contributed by atoms with Crippen molar-refractivity contribution in [2.24, 2.45) is 0 Å². The number of halogens is 3. The van der Waals surface area contributed by atoms with E-state index in [2.05, 4.69) is 4.90 Å². The van der Waals surface area contributed by atoms with Gasteiger partial charge < -0.3 is 15.0 Å². The van der Waals surface area contributed by atoms with Gasteiger partial charge in [0.05, 0.1) is 6.04 Å². The van der Waals surface area contributed by atoms with E-state index < -0.39 is 23.7 Å². The molecule has 1 aromatic rings.